The normalized spacial score (nSPS) is 11.4. The Balaban J connectivity index is 1.80. The number of methoxy groups -OCH3 is 1. The Labute approximate surface area is 232 Å². The maximum absolute atomic E-state index is 10.9. The van der Waals surface area contributed by atoms with Crippen molar-refractivity contribution in [3.8, 4) is 62.9 Å². The fourth-order valence-electron chi connectivity index (χ4n) is 4.64. The van der Waals surface area contributed by atoms with E-state index in [-0.39, 0.29) is 34.6 Å². The van der Waals surface area contributed by atoms with Gasteiger partial charge < -0.3 is 29.7 Å². The molecule has 0 aliphatic heterocycles. The molecule has 206 valence electrons. The summed E-state index contributed by atoms with van der Waals surface area (Å²) in [6.07, 6.45) is 2.98. The zero-order valence-electron chi connectivity index (χ0n) is 23.1. The molecular weight excluding hydrogens is 508 g/mol. The summed E-state index contributed by atoms with van der Waals surface area (Å²) in [4.78, 5) is 14.1. The minimum absolute atomic E-state index is 0.0529. The van der Waals surface area contributed by atoms with E-state index in [1.54, 1.807) is 21.0 Å². The number of aromatic nitrogens is 4. The lowest BCUT2D eigenvalue weighted by Crippen LogP contribution is -2.01. The van der Waals surface area contributed by atoms with Gasteiger partial charge in [0, 0.05) is 40.3 Å². The largest absolute Gasteiger partial charge is 0.508 e. The van der Waals surface area contributed by atoms with Crippen LogP contribution in [0.25, 0.3) is 45.1 Å². The Morgan fingerprint density at radius 2 is 1.27 bits per heavy atom. The number of benzene rings is 3. The molecule has 3 aromatic carbocycles. The van der Waals surface area contributed by atoms with E-state index in [4.69, 9.17) is 14.7 Å². The van der Waals surface area contributed by atoms with E-state index in [1.807, 2.05) is 24.4 Å². The van der Waals surface area contributed by atoms with Crippen LogP contribution < -0.4 is 4.74 Å². The zero-order valence-corrected chi connectivity index (χ0v) is 23.1. The number of phenolic OH excluding ortho intramolecular Hbond substituents is 4. The summed E-state index contributed by atoms with van der Waals surface area (Å²) in [7, 11) is 1.61. The van der Waals surface area contributed by atoms with Gasteiger partial charge in [0.05, 0.1) is 18.2 Å². The molecule has 2 aromatic heterocycles. The third-order valence-electron chi connectivity index (χ3n) is 7.20. The number of ether oxygens (including phenoxy) is 1. The molecule has 0 fully saturated rings. The van der Waals surface area contributed by atoms with Gasteiger partial charge in [-0.25, -0.2) is 15.0 Å². The Hall–Kier alpha value is -4.79. The van der Waals surface area contributed by atoms with Gasteiger partial charge in [-0.15, -0.1) is 0 Å². The SMILES string of the molecule is COc1ccc2c(c1)c(-c1nc(-c3ccc(O)c(C)c3O)nc(-c3ccc(O)c(C)c3O)n1)cn2CCC(C)C. The number of rotatable bonds is 7. The molecule has 9 heteroatoms. The monoisotopic (exact) mass is 540 g/mol. The van der Waals surface area contributed by atoms with Crippen molar-refractivity contribution in [3.63, 3.8) is 0 Å². The molecule has 0 aliphatic rings. The summed E-state index contributed by atoms with van der Waals surface area (Å²) < 4.78 is 7.68. The molecule has 0 saturated carbocycles. The van der Waals surface area contributed by atoms with Gasteiger partial charge >= 0.3 is 0 Å². The highest BCUT2D eigenvalue weighted by molar-refractivity contribution is 5.96. The second kappa shape index (κ2) is 10.4. The molecular formula is C31H32N4O5. The van der Waals surface area contributed by atoms with Crippen LogP contribution >= 0.6 is 0 Å². The van der Waals surface area contributed by atoms with E-state index in [0.717, 1.165) is 29.4 Å². The molecule has 0 bridgehead atoms. The Morgan fingerprint density at radius 1 is 0.750 bits per heavy atom. The molecule has 0 atom stereocenters. The highest BCUT2D eigenvalue weighted by Crippen LogP contribution is 2.40. The highest BCUT2D eigenvalue weighted by Gasteiger charge is 2.22. The quantitative estimate of drug-likeness (QED) is 0.188. The lowest BCUT2D eigenvalue weighted by atomic mass is 10.1. The van der Waals surface area contributed by atoms with Crippen LogP contribution in [-0.4, -0.2) is 47.1 Å². The third-order valence-corrected chi connectivity index (χ3v) is 7.20. The molecule has 5 rings (SSSR count). The average molecular weight is 541 g/mol. The topological polar surface area (TPSA) is 134 Å². The first-order valence-corrected chi connectivity index (χ1v) is 13.1. The number of nitrogens with zero attached hydrogens (tertiary/aromatic N) is 4. The Kier molecular flexibility index (Phi) is 6.97. The van der Waals surface area contributed by atoms with Gasteiger partial charge in [0.25, 0.3) is 0 Å². The van der Waals surface area contributed by atoms with Crippen molar-refractivity contribution >= 4 is 10.9 Å². The molecule has 0 radical (unpaired) electrons. The number of aromatic hydroxyl groups is 4. The fraction of sp³-hybridized carbons (Fsp3) is 0.258. The van der Waals surface area contributed by atoms with Crippen LogP contribution in [0.3, 0.4) is 0 Å². The predicted octanol–water partition coefficient (Wildman–Crippen LogP) is 6.32. The van der Waals surface area contributed by atoms with Gasteiger partial charge in [0.15, 0.2) is 17.5 Å². The summed E-state index contributed by atoms with van der Waals surface area (Å²) in [6.45, 7) is 8.35. The average Bonchev–Trinajstić information content (AvgIpc) is 3.31. The number of hydrogen-bond donors (Lipinski definition) is 4. The van der Waals surface area contributed by atoms with Gasteiger partial charge in [-0.1, -0.05) is 13.8 Å². The Bertz CT molecular complexity index is 1670. The van der Waals surface area contributed by atoms with Gasteiger partial charge in [-0.3, -0.25) is 0 Å². The molecule has 2 heterocycles. The molecule has 40 heavy (non-hydrogen) atoms. The van der Waals surface area contributed by atoms with Gasteiger partial charge in [-0.05, 0) is 68.7 Å². The molecule has 4 N–H and O–H groups in total. The molecule has 0 saturated heterocycles. The van der Waals surface area contributed by atoms with Gasteiger partial charge in [-0.2, -0.15) is 0 Å². The first-order chi connectivity index (χ1) is 19.1. The van der Waals surface area contributed by atoms with Crippen molar-refractivity contribution in [2.45, 2.75) is 40.7 Å². The van der Waals surface area contributed by atoms with Crippen LogP contribution in [0.4, 0.5) is 0 Å². The number of phenols is 4. The molecule has 0 unspecified atom stereocenters. The van der Waals surface area contributed by atoms with E-state index in [2.05, 4.69) is 23.4 Å². The minimum atomic E-state index is -0.157. The lowest BCUT2D eigenvalue weighted by Gasteiger charge is -2.12. The van der Waals surface area contributed by atoms with Crippen molar-refractivity contribution in [1.29, 1.82) is 0 Å². The van der Waals surface area contributed by atoms with Crippen molar-refractivity contribution in [2.24, 2.45) is 5.92 Å². The lowest BCUT2D eigenvalue weighted by molar-refractivity contribution is 0.415. The van der Waals surface area contributed by atoms with Crippen LogP contribution in [0, 0.1) is 19.8 Å². The predicted molar refractivity (Wildman–Crippen MR) is 154 cm³/mol. The summed E-state index contributed by atoms with van der Waals surface area (Å²) in [5.74, 6) is 1.43. The zero-order chi connectivity index (χ0) is 28.7. The van der Waals surface area contributed by atoms with Crippen LogP contribution in [0.15, 0.2) is 48.7 Å². The van der Waals surface area contributed by atoms with E-state index in [9.17, 15) is 20.4 Å². The third kappa shape index (κ3) is 4.75. The van der Waals surface area contributed by atoms with Crippen LogP contribution in [0.2, 0.25) is 0 Å². The number of aryl methyl sites for hydroxylation is 1. The van der Waals surface area contributed by atoms with Crippen LogP contribution in [-0.2, 0) is 6.54 Å². The summed E-state index contributed by atoms with van der Waals surface area (Å²) in [6, 6.07) is 11.9. The smallest absolute Gasteiger partial charge is 0.167 e. The minimum Gasteiger partial charge on any atom is -0.508 e. The second-order valence-corrected chi connectivity index (χ2v) is 10.3. The van der Waals surface area contributed by atoms with Gasteiger partial charge in [0.2, 0.25) is 0 Å². The van der Waals surface area contributed by atoms with E-state index in [0.29, 0.717) is 39.7 Å². The Morgan fingerprint density at radius 3 is 1.77 bits per heavy atom. The number of hydrogen-bond acceptors (Lipinski definition) is 8. The van der Waals surface area contributed by atoms with Crippen molar-refractivity contribution in [3.05, 3.63) is 59.8 Å². The van der Waals surface area contributed by atoms with Gasteiger partial charge in [0.1, 0.15) is 28.7 Å². The first-order valence-electron chi connectivity index (χ1n) is 13.1. The van der Waals surface area contributed by atoms with Crippen molar-refractivity contribution in [2.75, 3.05) is 7.11 Å². The summed E-state index contributed by atoms with van der Waals surface area (Å²) >= 11 is 0. The molecule has 0 spiro atoms. The maximum atomic E-state index is 10.9. The van der Waals surface area contributed by atoms with Crippen molar-refractivity contribution in [1.82, 2.24) is 19.5 Å². The fourth-order valence-corrected chi connectivity index (χ4v) is 4.64. The molecule has 0 aliphatic carbocycles. The molecule has 9 nitrogen and oxygen atoms in total. The maximum Gasteiger partial charge on any atom is 0.167 e. The summed E-state index contributed by atoms with van der Waals surface area (Å²) in [5, 5.41) is 42.9. The second-order valence-electron chi connectivity index (χ2n) is 10.3. The summed E-state index contributed by atoms with van der Waals surface area (Å²) in [5.41, 5.74) is 2.91. The first kappa shape index (κ1) is 26.8. The molecule has 0 amide bonds. The molecule has 5 aromatic rings. The van der Waals surface area contributed by atoms with E-state index >= 15 is 0 Å². The van der Waals surface area contributed by atoms with Crippen LogP contribution in [0.1, 0.15) is 31.4 Å². The highest BCUT2D eigenvalue weighted by atomic mass is 16.5. The number of fused-ring (bicyclic) bond motifs is 1. The van der Waals surface area contributed by atoms with Crippen molar-refractivity contribution < 1.29 is 25.2 Å². The van der Waals surface area contributed by atoms with E-state index in [1.165, 1.54) is 24.3 Å². The standard InChI is InChI=1S/C31H32N4O5/c1-16(2)12-13-35-15-23(22-14-19(40-5)6-9-24(22)35)31-33-29(20-7-10-25(36)17(3)27(20)38)32-30(34-31)21-8-11-26(37)18(4)28(21)39/h6-11,14-16,36-39H,12-13H2,1-5H3. The van der Waals surface area contributed by atoms with Crippen LogP contribution in [0.5, 0.6) is 28.7 Å². The van der Waals surface area contributed by atoms with E-state index < -0.39 is 0 Å².